The van der Waals surface area contributed by atoms with Crippen molar-refractivity contribution in [1.82, 2.24) is 10.0 Å². The molecule has 2 aromatic rings. The number of hydrogen-bond donors (Lipinski definition) is 4. The fraction of sp³-hybridized carbons (Fsp3) is 0.500. The molecule has 0 fully saturated rings. The van der Waals surface area contributed by atoms with E-state index in [2.05, 4.69) is 10.0 Å². The lowest BCUT2D eigenvalue weighted by Gasteiger charge is -2.42. The van der Waals surface area contributed by atoms with Crippen LogP contribution in [0.25, 0.3) is 0 Å². The molecule has 0 unspecified atom stereocenters. The minimum atomic E-state index is -3.82. The molecule has 0 saturated heterocycles. The molecule has 39 heavy (non-hydrogen) atoms. The molecular weight excluding hydrogens is 536 g/mol. The SMILES string of the molecule is CCCCOC(=O)[C@@H](CCC(C)(C)[Si](O)(c1ccccc1)c1ccccc1)NC(=O)[C@@H](NS(C)(=O)=O)[C@@H](C)O. The van der Waals surface area contributed by atoms with E-state index in [-0.39, 0.29) is 13.0 Å². The number of ether oxygens (including phenoxy) is 1. The number of hydrogen-bond acceptors (Lipinski definition) is 7. The summed E-state index contributed by atoms with van der Waals surface area (Å²) in [5.74, 6) is -1.50. The zero-order chi connectivity index (χ0) is 29.3. The van der Waals surface area contributed by atoms with Gasteiger partial charge in [0.15, 0.2) is 0 Å². The van der Waals surface area contributed by atoms with Crippen LogP contribution in [0.4, 0.5) is 0 Å². The first kappa shape index (κ1) is 32.6. The minimum absolute atomic E-state index is 0.129. The van der Waals surface area contributed by atoms with Crippen LogP contribution in [-0.4, -0.2) is 69.6 Å². The van der Waals surface area contributed by atoms with Gasteiger partial charge >= 0.3 is 5.97 Å². The van der Waals surface area contributed by atoms with Crippen LogP contribution in [0.5, 0.6) is 0 Å². The molecule has 0 aliphatic heterocycles. The number of carbonyl (C=O) groups is 2. The van der Waals surface area contributed by atoms with Crippen LogP contribution in [0.3, 0.4) is 0 Å². The summed E-state index contributed by atoms with van der Waals surface area (Å²) < 4.78 is 31.0. The molecule has 0 heterocycles. The van der Waals surface area contributed by atoms with Crippen molar-refractivity contribution in [3.63, 3.8) is 0 Å². The number of aliphatic hydroxyl groups excluding tert-OH is 1. The molecule has 9 nitrogen and oxygen atoms in total. The Balaban J connectivity index is 2.38. The van der Waals surface area contributed by atoms with Crippen LogP contribution in [0.2, 0.25) is 5.04 Å². The van der Waals surface area contributed by atoms with Gasteiger partial charge in [0.25, 0.3) is 8.32 Å². The fourth-order valence-corrected chi connectivity index (χ4v) is 9.04. The molecule has 0 aromatic heterocycles. The van der Waals surface area contributed by atoms with E-state index in [1.807, 2.05) is 81.4 Å². The number of unbranched alkanes of at least 4 members (excludes halogenated alkanes) is 1. The van der Waals surface area contributed by atoms with E-state index in [9.17, 15) is 27.9 Å². The van der Waals surface area contributed by atoms with Crippen LogP contribution >= 0.6 is 0 Å². The van der Waals surface area contributed by atoms with Gasteiger partial charge in [-0.3, -0.25) is 4.79 Å². The van der Waals surface area contributed by atoms with Gasteiger partial charge in [-0.2, -0.15) is 0 Å². The standard InChI is InChI=1S/C28H42N2O7SSi/c1-6-7-20-37-27(33)24(29-26(32)25(21(2)31)30-38(5,34)35)18-19-28(3,4)39(36,22-14-10-8-11-15-22)23-16-12-9-13-17-23/h8-17,21,24-25,30-31,36H,6-7,18-20H2,1-5H3,(H,29,32)/t21-,24-,25+/m1/s1. The quantitative estimate of drug-likeness (QED) is 0.142. The average molecular weight is 579 g/mol. The zero-order valence-corrected chi connectivity index (χ0v) is 25.2. The van der Waals surface area contributed by atoms with Crippen LogP contribution in [0.15, 0.2) is 60.7 Å². The van der Waals surface area contributed by atoms with Crippen LogP contribution < -0.4 is 20.4 Å². The average Bonchev–Trinajstić information content (AvgIpc) is 2.89. The zero-order valence-electron chi connectivity index (χ0n) is 23.4. The lowest BCUT2D eigenvalue weighted by Crippen LogP contribution is -2.65. The number of benzene rings is 2. The van der Waals surface area contributed by atoms with Crippen LogP contribution in [0.1, 0.15) is 53.4 Å². The maximum absolute atomic E-state index is 13.0. The first-order valence-electron chi connectivity index (χ1n) is 13.2. The Morgan fingerprint density at radius 3 is 1.97 bits per heavy atom. The van der Waals surface area contributed by atoms with E-state index < -0.39 is 53.4 Å². The smallest absolute Gasteiger partial charge is 0.328 e. The second-order valence-electron chi connectivity index (χ2n) is 10.6. The Kier molecular flexibility index (Phi) is 11.9. The van der Waals surface area contributed by atoms with Crippen molar-refractivity contribution < 1.29 is 32.6 Å². The summed E-state index contributed by atoms with van der Waals surface area (Å²) in [6, 6.07) is 16.3. The van der Waals surface area contributed by atoms with E-state index in [1.54, 1.807) is 0 Å². The molecule has 4 N–H and O–H groups in total. The van der Waals surface area contributed by atoms with E-state index in [0.717, 1.165) is 23.1 Å². The molecule has 0 aliphatic rings. The molecule has 0 bridgehead atoms. The second-order valence-corrected chi connectivity index (χ2v) is 16.3. The third-order valence-electron chi connectivity index (χ3n) is 6.87. The summed E-state index contributed by atoms with van der Waals surface area (Å²) in [6.07, 6.45) is 1.47. The van der Waals surface area contributed by atoms with Gasteiger partial charge in [-0.15, -0.1) is 0 Å². The van der Waals surface area contributed by atoms with Crippen molar-refractivity contribution in [2.45, 2.75) is 76.6 Å². The number of aliphatic hydroxyl groups is 1. The predicted octanol–water partition coefficient (Wildman–Crippen LogP) is 1.43. The number of sulfonamides is 1. The van der Waals surface area contributed by atoms with Gasteiger partial charge in [0.05, 0.1) is 19.0 Å². The molecule has 0 spiro atoms. The molecule has 3 atom stereocenters. The number of amides is 1. The number of carbonyl (C=O) groups excluding carboxylic acids is 2. The highest BCUT2D eigenvalue weighted by atomic mass is 32.2. The third-order valence-corrected chi connectivity index (χ3v) is 12.1. The van der Waals surface area contributed by atoms with Crippen molar-refractivity contribution in [2.75, 3.05) is 12.9 Å². The van der Waals surface area contributed by atoms with Gasteiger partial charge in [0.1, 0.15) is 12.1 Å². The monoisotopic (exact) mass is 578 g/mol. The highest BCUT2D eigenvalue weighted by Crippen LogP contribution is 2.40. The molecule has 0 aliphatic carbocycles. The predicted molar refractivity (Wildman–Crippen MR) is 155 cm³/mol. The van der Waals surface area contributed by atoms with Gasteiger partial charge in [0.2, 0.25) is 15.9 Å². The largest absolute Gasteiger partial charge is 0.464 e. The fourth-order valence-electron chi connectivity index (χ4n) is 4.52. The highest BCUT2D eigenvalue weighted by molar-refractivity contribution is 7.88. The van der Waals surface area contributed by atoms with Gasteiger partial charge < -0.3 is 20.0 Å². The van der Waals surface area contributed by atoms with E-state index in [0.29, 0.717) is 12.8 Å². The summed E-state index contributed by atoms with van der Waals surface area (Å²) in [6.45, 7) is 7.32. The summed E-state index contributed by atoms with van der Waals surface area (Å²) >= 11 is 0. The Labute approximate surface area is 233 Å². The first-order valence-corrected chi connectivity index (χ1v) is 17.0. The van der Waals surface area contributed by atoms with E-state index in [4.69, 9.17) is 4.74 Å². The Hall–Kier alpha value is -2.57. The van der Waals surface area contributed by atoms with Crippen molar-refractivity contribution >= 4 is 40.6 Å². The van der Waals surface area contributed by atoms with E-state index >= 15 is 0 Å². The van der Waals surface area contributed by atoms with E-state index in [1.165, 1.54) is 6.92 Å². The maximum Gasteiger partial charge on any atom is 0.328 e. The Bertz CT molecular complexity index is 1140. The summed E-state index contributed by atoms with van der Waals surface area (Å²) in [7, 11) is -7.19. The minimum Gasteiger partial charge on any atom is -0.464 e. The van der Waals surface area contributed by atoms with Crippen LogP contribution in [0, 0.1) is 0 Å². The molecule has 1 amide bonds. The third kappa shape index (κ3) is 8.97. The molecule has 2 rings (SSSR count). The Morgan fingerprint density at radius 2 is 1.54 bits per heavy atom. The van der Waals surface area contributed by atoms with Crippen molar-refractivity contribution in [3.05, 3.63) is 60.7 Å². The molecule has 0 radical (unpaired) electrons. The lowest BCUT2D eigenvalue weighted by molar-refractivity contribution is -0.148. The van der Waals surface area contributed by atoms with Crippen molar-refractivity contribution in [2.24, 2.45) is 0 Å². The molecular formula is C28H42N2O7SSi. The van der Waals surface area contributed by atoms with Gasteiger partial charge in [0, 0.05) is 0 Å². The summed E-state index contributed by atoms with van der Waals surface area (Å²) in [5, 5.41) is 13.6. The maximum atomic E-state index is 13.0. The summed E-state index contributed by atoms with van der Waals surface area (Å²) in [5.41, 5.74) is 0. The first-order chi connectivity index (χ1) is 18.2. The summed E-state index contributed by atoms with van der Waals surface area (Å²) in [4.78, 5) is 38.5. The van der Waals surface area contributed by atoms with Gasteiger partial charge in [-0.05, 0) is 41.6 Å². The number of esters is 1. The highest BCUT2D eigenvalue weighted by Gasteiger charge is 2.50. The molecule has 2 aromatic carbocycles. The van der Waals surface area contributed by atoms with Crippen LogP contribution in [-0.2, 0) is 24.3 Å². The Morgan fingerprint density at radius 1 is 1.03 bits per heavy atom. The van der Waals surface area contributed by atoms with Gasteiger partial charge in [-0.1, -0.05) is 87.9 Å². The number of nitrogens with one attached hydrogen (secondary N) is 2. The molecule has 11 heteroatoms. The van der Waals surface area contributed by atoms with Crippen molar-refractivity contribution in [1.29, 1.82) is 0 Å². The second kappa shape index (κ2) is 14.2. The topological polar surface area (TPSA) is 142 Å². The normalized spacial score (nSPS) is 14.7. The van der Waals surface area contributed by atoms with Crippen molar-refractivity contribution in [3.8, 4) is 0 Å². The number of rotatable bonds is 15. The molecule has 0 saturated carbocycles. The lowest BCUT2D eigenvalue weighted by atomic mass is 10.0. The van der Waals surface area contributed by atoms with Gasteiger partial charge in [-0.25, -0.2) is 17.9 Å². The molecule has 216 valence electrons.